The lowest BCUT2D eigenvalue weighted by molar-refractivity contribution is 0.0949. The molecule has 0 spiro atoms. The lowest BCUT2D eigenvalue weighted by Crippen LogP contribution is -2.23. The van der Waals surface area contributed by atoms with E-state index < -0.39 is 5.91 Å². The van der Waals surface area contributed by atoms with E-state index in [1.54, 1.807) is 14.0 Å². The first-order chi connectivity index (χ1) is 13.6. The summed E-state index contributed by atoms with van der Waals surface area (Å²) >= 11 is 0. The Bertz CT molecular complexity index is 1070. The first kappa shape index (κ1) is 17.6. The maximum absolute atomic E-state index is 12.5. The van der Waals surface area contributed by atoms with Crippen molar-refractivity contribution in [3.05, 3.63) is 40.7 Å². The second kappa shape index (κ2) is 7.10. The Balaban J connectivity index is 1.56. The van der Waals surface area contributed by atoms with E-state index in [1.165, 1.54) is 4.68 Å². The number of benzene rings is 1. The Morgan fingerprint density at radius 2 is 2.21 bits per heavy atom. The first-order valence-electron chi connectivity index (χ1n) is 8.63. The number of hydrogen-bond donors (Lipinski definition) is 2. The van der Waals surface area contributed by atoms with Crippen molar-refractivity contribution in [3.63, 3.8) is 0 Å². The summed E-state index contributed by atoms with van der Waals surface area (Å²) in [6.07, 6.45) is 2.66. The molecule has 3 N–H and O–H groups in total. The number of nitrogens with zero attached hydrogens (tertiary/aromatic N) is 6. The molecule has 1 aromatic carbocycles. The maximum Gasteiger partial charge on any atom is 0.293 e. The molecule has 0 saturated carbocycles. The summed E-state index contributed by atoms with van der Waals surface area (Å²) in [6, 6.07) is 5.84. The number of methoxy groups -OCH3 is 1. The van der Waals surface area contributed by atoms with E-state index in [2.05, 4.69) is 35.8 Å². The van der Waals surface area contributed by atoms with Gasteiger partial charge in [-0.2, -0.15) is 9.78 Å². The van der Waals surface area contributed by atoms with E-state index in [0.717, 1.165) is 41.9 Å². The highest BCUT2D eigenvalue weighted by atomic mass is 16.6. The summed E-state index contributed by atoms with van der Waals surface area (Å²) in [7, 11) is 1.64. The fraction of sp³-hybridized carbons (Fsp3) is 0.294. The highest BCUT2D eigenvalue weighted by Gasteiger charge is 2.22. The first-order valence-corrected chi connectivity index (χ1v) is 8.63. The third-order valence-electron chi connectivity index (χ3n) is 4.58. The fourth-order valence-electron chi connectivity index (χ4n) is 3.13. The molecule has 144 valence electrons. The summed E-state index contributed by atoms with van der Waals surface area (Å²) in [5, 5.41) is 19.2. The van der Waals surface area contributed by atoms with Crippen LogP contribution in [0.2, 0.25) is 0 Å². The van der Waals surface area contributed by atoms with Crippen LogP contribution in [0.4, 0.5) is 5.82 Å². The molecule has 0 saturated heterocycles. The second-order valence-electron chi connectivity index (χ2n) is 6.28. The van der Waals surface area contributed by atoms with Crippen molar-refractivity contribution in [2.24, 2.45) is 5.10 Å². The normalized spacial score (nSPS) is 14.7. The van der Waals surface area contributed by atoms with Gasteiger partial charge in [0.05, 0.1) is 18.5 Å². The van der Waals surface area contributed by atoms with Gasteiger partial charge in [-0.1, -0.05) is 5.21 Å². The van der Waals surface area contributed by atoms with Crippen molar-refractivity contribution in [2.45, 2.75) is 26.2 Å². The van der Waals surface area contributed by atoms with Crippen molar-refractivity contribution in [1.29, 1.82) is 0 Å². The number of carbonyl (C=O) groups excluding carboxylic acids is 1. The number of anilines is 1. The number of carbonyl (C=O) groups is 1. The molecular formula is C17H18N8O3. The third-order valence-corrected chi connectivity index (χ3v) is 4.58. The number of amides is 1. The topological polar surface area (TPSA) is 146 Å². The number of nitrogen functional groups attached to an aromatic ring is 1. The SMILES string of the molecule is COc1ccc2c(c1)CCC/C2=N\NC(=O)c1nnn(-c2nonc2N)c1C. The van der Waals surface area contributed by atoms with Gasteiger partial charge in [-0.25, -0.2) is 10.1 Å². The summed E-state index contributed by atoms with van der Waals surface area (Å²) in [5.74, 6) is 0.546. The standard InChI is InChI=1S/C17H18N8O3/c1-9-14(20-24-25(9)16-15(18)22-28-23-16)17(26)21-19-13-5-3-4-10-8-11(27-2)6-7-12(10)13/h6-8H,3-5H2,1-2H3,(H2,18,22)(H,21,26)/b19-13+. The van der Waals surface area contributed by atoms with Crippen molar-refractivity contribution < 1.29 is 14.2 Å². The minimum atomic E-state index is -0.480. The zero-order valence-electron chi connectivity index (χ0n) is 15.3. The molecule has 0 aliphatic heterocycles. The third kappa shape index (κ3) is 3.06. The highest BCUT2D eigenvalue weighted by molar-refractivity contribution is 6.04. The van der Waals surface area contributed by atoms with Crippen LogP contribution in [0.5, 0.6) is 5.75 Å². The smallest absolute Gasteiger partial charge is 0.293 e. The van der Waals surface area contributed by atoms with Crippen molar-refractivity contribution in [1.82, 2.24) is 30.7 Å². The van der Waals surface area contributed by atoms with Gasteiger partial charge in [-0.3, -0.25) is 4.79 Å². The summed E-state index contributed by atoms with van der Waals surface area (Å²) in [5.41, 5.74) is 11.7. The molecule has 0 atom stereocenters. The minimum Gasteiger partial charge on any atom is -0.497 e. The molecule has 4 rings (SSSR count). The van der Waals surface area contributed by atoms with Gasteiger partial charge in [0.1, 0.15) is 5.75 Å². The van der Waals surface area contributed by atoms with E-state index >= 15 is 0 Å². The van der Waals surface area contributed by atoms with Crippen LogP contribution in [0.1, 0.15) is 40.2 Å². The van der Waals surface area contributed by atoms with Crippen LogP contribution in [0, 0.1) is 6.92 Å². The number of ether oxygens (including phenoxy) is 1. The van der Waals surface area contributed by atoms with E-state index in [1.807, 2.05) is 18.2 Å². The number of hydrazone groups is 1. The Labute approximate surface area is 159 Å². The number of aryl methyl sites for hydroxylation is 1. The highest BCUT2D eigenvalue weighted by Crippen LogP contribution is 2.25. The molecule has 11 heteroatoms. The summed E-state index contributed by atoms with van der Waals surface area (Å²) in [4.78, 5) is 12.5. The van der Waals surface area contributed by atoms with Gasteiger partial charge in [0.25, 0.3) is 5.91 Å². The average Bonchev–Trinajstić information content (AvgIpc) is 3.30. The van der Waals surface area contributed by atoms with Crippen molar-refractivity contribution in [3.8, 4) is 11.6 Å². The Morgan fingerprint density at radius 3 is 2.96 bits per heavy atom. The zero-order chi connectivity index (χ0) is 19.7. The predicted molar refractivity (Wildman–Crippen MR) is 98.3 cm³/mol. The number of aromatic nitrogens is 5. The van der Waals surface area contributed by atoms with Gasteiger partial charge < -0.3 is 10.5 Å². The number of hydrogen-bond acceptors (Lipinski definition) is 9. The van der Waals surface area contributed by atoms with Crippen molar-refractivity contribution >= 4 is 17.4 Å². The van der Waals surface area contributed by atoms with E-state index in [4.69, 9.17) is 10.5 Å². The van der Waals surface area contributed by atoms with Crippen LogP contribution in [0.15, 0.2) is 27.9 Å². The molecule has 0 bridgehead atoms. The molecule has 0 fully saturated rings. The molecule has 2 heterocycles. The Morgan fingerprint density at radius 1 is 1.36 bits per heavy atom. The quantitative estimate of drug-likeness (QED) is 0.636. The van der Waals surface area contributed by atoms with Gasteiger partial charge in [0.15, 0.2) is 5.69 Å². The van der Waals surface area contributed by atoms with Crippen LogP contribution >= 0.6 is 0 Å². The molecule has 3 aromatic rings. The molecule has 2 aromatic heterocycles. The molecule has 1 amide bonds. The molecule has 0 radical (unpaired) electrons. The predicted octanol–water partition coefficient (Wildman–Crippen LogP) is 1.02. The number of nitrogens with two attached hydrogens (primary N) is 1. The van der Waals surface area contributed by atoms with Crippen molar-refractivity contribution in [2.75, 3.05) is 12.8 Å². The van der Waals surface area contributed by atoms with Gasteiger partial charge in [0.2, 0.25) is 11.6 Å². The number of rotatable bonds is 4. The van der Waals surface area contributed by atoms with Gasteiger partial charge in [-0.15, -0.1) is 5.10 Å². The molecule has 1 aliphatic rings. The lowest BCUT2D eigenvalue weighted by Gasteiger charge is -2.18. The number of nitrogens with one attached hydrogen (secondary N) is 1. The van der Waals surface area contributed by atoms with Gasteiger partial charge in [0, 0.05) is 5.56 Å². The second-order valence-corrected chi connectivity index (χ2v) is 6.28. The molecule has 28 heavy (non-hydrogen) atoms. The molecule has 11 nitrogen and oxygen atoms in total. The molecular weight excluding hydrogens is 364 g/mol. The van der Waals surface area contributed by atoms with Gasteiger partial charge in [-0.05, 0) is 60.3 Å². The maximum atomic E-state index is 12.5. The van der Waals surface area contributed by atoms with Crippen LogP contribution in [0.25, 0.3) is 5.82 Å². The Hall–Kier alpha value is -3.76. The summed E-state index contributed by atoms with van der Waals surface area (Å²) < 4.78 is 11.1. The largest absolute Gasteiger partial charge is 0.497 e. The van der Waals surface area contributed by atoms with Crippen LogP contribution in [0.3, 0.4) is 0 Å². The zero-order valence-corrected chi connectivity index (χ0v) is 15.3. The summed E-state index contributed by atoms with van der Waals surface area (Å²) in [6.45, 7) is 1.67. The lowest BCUT2D eigenvalue weighted by atomic mass is 9.90. The monoisotopic (exact) mass is 382 g/mol. The minimum absolute atomic E-state index is 0.0504. The average molecular weight is 382 g/mol. The number of fused-ring (bicyclic) bond motifs is 1. The van der Waals surface area contributed by atoms with E-state index in [9.17, 15) is 4.79 Å². The van der Waals surface area contributed by atoms with E-state index in [-0.39, 0.29) is 17.3 Å². The van der Waals surface area contributed by atoms with Crippen LogP contribution < -0.4 is 15.9 Å². The molecule has 0 unspecified atom stereocenters. The Kier molecular flexibility index (Phi) is 4.47. The fourth-order valence-corrected chi connectivity index (χ4v) is 3.13. The van der Waals surface area contributed by atoms with Crippen LogP contribution in [-0.4, -0.2) is 44.0 Å². The van der Waals surface area contributed by atoms with Crippen LogP contribution in [-0.2, 0) is 6.42 Å². The van der Waals surface area contributed by atoms with E-state index in [0.29, 0.717) is 5.69 Å². The molecule has 1 aliphatic carbocycles. The van der Waals surface area contributed by atoms with Gasteiger partial charge >= 0.3 is 0 Å².